The summed E-state index contributed by atoms with van der Waals surface area (Å²) >= 11 is 3.09. The fourth-order valence-electron chi connectivity index (χ4n) is 2.91. The van der Waals surface area contributed by atoms with E-state index in [0.29, 0.717) is 16.8 Å². The van der Waals surface area contributed by atoms with E-state index >= 15 is 0 Å². The summed E-state index contributed by atoms with van der Waals surface area (Å²) in [5.74, 6) is 2.27. The van der Waals surface area contributed by atoms with Crippen LogP contribution >= 0.6 is 35.5 Å². The van der Waals surface area contributed by atoms with Crippen molar-refractivity contribution in [3.63, 3.8) is 0 Å². The molecule has 2 atom stereocenters. The lowest BCUT2D eigenvalue weighted by molar-refractivity contribution is -0.120. The molecule has 150 valence electrons. The second-order valence-corrected chi connectivity index (χ2v) is 10.1. The van der Waals surface area contributed by atoms with Crippen molar-refractivity contribution < 1.29 is 9.21 Å². The first-order chi connectivity index (χ1) is 12.3. The summed E-state index contributed by atoms with van der Waals surface area (Å²) in [5.41, 5.74) is 5.93. The van der Waals surface area contributed by atoms with Gasteiger partial charge >= 0.3 is 0 Å². The second kappa shape index (κ2) is 9.41. The summed E-state index contributed by atoms with van der Waals surface area (Å²) in [7, 11) is 0. The second-order valence-electron chi connectivity index (χ2n) is 7.75. The lowest BCUT2D eigenvalue weighted by Gasteiger charge is -2.25. The van der Waals surface area contributed by atoms with Gasteiger partial charge in [-0.15, -0.1) is 24.2 Å². The molecular formula is C18H27ClN4O2S2. The molecule has 1 fully saturated rings. The molecule has 27 heavy (non-hydrogen) atoms. The van der Waals surface area contributed by atoms with Crippen LogP contribution in [0.3, 0.4) is 0 Å². The molecule has 2 aromatic rings. The van der Waals surface area contributed by atoms with Crippen LogP contribution in [0, 0.1) is 5.92 Å². The molecule has 0 radical (unpaired) electrons. The number of nitrogens with two attached hydrogens (primary N) is 1. The van der Waals surface area contributed by atoms with Gasteiger partial charge in [-0.2, -0.15) is 0 Å². The van der Waals surface area contributed by atoms with Gasteiger partial charge in [-0.05, 0) is 19.3 Å². The number of hydrogen-bond acceptors (Lipinski definition) is 7. The monoisotopic (exact) mass is 430 g/mol. The summed E-state index contributed by atoms with van der Waals surface area (Å²) in [4.78, 5) is 21.0. The van der Waals surface area contributed by atoms with E-state index in [4.69, 9.17) is 10.2 Å². The van der Waals surface area contributed by atoms with Gasteiger partial charge in [-0.1, -0.05) is 38.5 Å². The molecule has 0 bridgehead atoms. The Morgan fingerprint density at radius 3 is 2.81 bits per heavy atom. The molecule has 0 spiro atoms. The van der Waals surface area contributed by atoms with Crippen LogP contribution in [0.25, 0.3) is 0 Å². The fraction of sp³-hybridized carbons (Fsp3) is 0.611. The highest BCUT2D eigenvalue weighted by Gasteiger charge is 2.26. The number of halogens is 1. The molecule has 6 nitrogen and oxygen atoms in total. The maximum atomic E-state index is 12.4. The molecule has 3 rings (SSSR count). The number of carbonyl (C=O) groups is 1. The van der Waals surface area contributed by atoms with E-state index in [1.54, 1.807) is 24.2 Å². The fourth-order valence-corrected chi connectivity index (χ4v) is 4.64. The standard InChI is InChI=1S/C18H26N4O2S2.ClH/c1-18(2,3)13-8-20-14(24-13)10-25-15-9-21-17(26-15)22-16(23)11-5-4-6-12(19)7-11;/h8-9,11-12H,4-7,10,19H2,1-3H3,(H,21,22,23);1H. The van der Waals surface area contributed by atoms with Crippen LogP contribution in [-0.4, -0.2) is 21.9 Å². The van der Waals surface area contributed by atoms with Gasteiger partial charge in [-0.3, -0.25) is 4.79 Å². The molecule has 1 amide bonds. The third-order valence-corrected chi connectivity index (χ3v) is 6.52. The first-order valence-electron chi connectivity index (χ1n) is 8.91. The molecule has 0 aromatic carbocycles. The van der Waals surface area contributed by atoms with Crippen molar-refractivity contribution >= 4 is 46.5 Å². The van der Waals surface area contributed by atoms with E-state index in [1.165, 1.54) is 11.3 Å². The Hall–Kier alpha value is -1.09. The average molecular weight is 431 g/mol. The van der Waals surface area contributed by atoms with E-state index in [2.05, 4.69) is 36.1 Å². The van der Waals surface area contributed by atoms with Crippen molar-refractivity contribution in [2.45, 2.75) is 67.9 Å². The van der Waals surface area contributed by atoms with Crippen LogP contribution in [0.2, 0.25) is 0 Å². The molecule has 3 N–H and O–H groups in total. The van der Waals surface area contributed by atoms with Gasteiger partial charge in [0, 0.05) is 17.4 Å². The van der Waals surface area contributed by atoms with Crippen molar-refractivity contribution in [3.8, 4) is 0 Å². The average Bonchev–Trinajstić information content (AvgIpc) is 3.21. The van der Waals surface area contributed by atoms with Gasteiger partial charge in [0.15, 0.2) is 5.13 Å². The molecule has 9 heteroatoms. The maximum absolute atomic E-state index is 12.4. The van der Waals surface area contributed by atoms with Crippen molar-refractivity contribution in [2.75, 3.05) is 5.32 Å². The molecule has 0 aliphatic heterocycles. The lowest BCUT2D eigenvalue weighted by Crippen LogP contribution is -2.34. The van der Waals surface area contributed by atoms with Gasteiger partial charge in [0.2, 0.25) is 11.8 Å². The van der Waals surface area contributed by atoms with Gasteiger partial charge < -0.3 is 15.5 Å². The Kier molecular flexibility index (Phi) is 7.73. The van der Waals surface area contributed by atoms with E-state index in [0.717, 1.165) is 35.7 Å². The molecule has 1 saturated carbocycles. The van der Waals surface area contributed by atoms with Gasteiger partial charge in [0.05, 0.1) is 22.4 Å². The van der Waals surface area contributed by atoms with E-state index < -0.39 is 0 Å². The number of nitrogens with zero attached hydrogens (tertiary/aromatic N) is 2. The normalized spacial score (nSPS) is 20.1. The zero-order valence-electron chi connectivity index (χ0n) is 15.9. The Labute approximate surface area is 174 Å². The number of amides is 1. The third kappa shape index (κ3) is 6.20. The van der Waals surface area contributed by atoms with Crippen LogP contribution in [-0.2, 0) is 16.0 Å². The highest BCUT2D eigenvalue weighted by atomic mass is 35.5. The summed E-state index contributed by atoms with van der Waals surface area (Å²) < 4.78 is 6.83. The highest BCUT2D eigenvalue weighted by Crippen LogP contribution is 2.32. The van der Waals surface area contributed by atoms with Crippen molar-refractivity contribution in [1.82, 2.24) is 9.97 Å². The Balaban J connectivity index is 0.00000261. The van der Waals surface area contributed by atoms with Gasteiger partial charge in [0.1, 0.15) is 5.76 Å². The zero-order valence-corrected chi connectivity index (χ0v) is 18.3. The first-order valence-corrected chi connectivity index (χ1v) is 10.7. The molecule has 1 aliphatic carbocycles. The number of thiazole rings is 1. The lowest BCUT2D eigenvalue weighted by atomic mass is 9.86. The number of thioether (sulfide) groups is 1. The molecule has 2 unspecified atom stereocenters. The first kappa shape index (κ1) is 22.2. The number of nitrogens with one attached hydrogen (secondary N) is 1. The molecule has 2 heterocycles. The van der Waals surface area contributed by atoms with Crippen LogP contribution in [0.15, 0.2) is 21.0 Å². The van der Waals surface area contributed by atoms with E-state index in [1.807, 2.05) is 0 Å². The summed E-state index contributed by atoms with van der Waals surface area (Å²) in [6, 6.07) is 0.140. The number of hydrogen-bond donors (Lipinski definition) is 2. The number of carbonyl (C=O) groups excluding carboxylic acids is 1. The summed E-state index contributed by atoms with van der Waals surface area (Å²) in [6.07, 6.45) is 7.28. The Bertz CT molecular complexity index is 757. The van der Waals surface area contributed by atoms with Crippen LogP contribution in [0.5, 0.6) is 0 Å². The Morgan fingerprint density at radius 1 is 1.37 bits per heavy atom. The number of anilines is 1. The molecular weight excluding hydrogens is 404 g/mol. The maximum Gasteiger partial charge on any atom is 0.229 e. The van der Waals surface area contributed by atoms with E-state index in [9.17, 15) is 4.79 Å². The van der Waals surface area contributed by atoms with Crippen molar-refractivity contribution in [2.24, 2.45) is 11.7 Å². The number of aromatic nitrogens is 2. The van der Waals surface area contributed by atoms with Crippen molar-refractivity contribution in [1.29, 1.82) is 0 Å². The quantitative estimate of drug-likeness (QED) is 0.673. The van der Waals surface area contributed by atoms with E-state index in [-0.39, 0.29) is 35.7 Å². The topological polar surface area (TPSA) is 94.0 Å². The largest absolute Gasteiger partial charge is 0.444 e. The molecule has 2 aromatic heterocycles. The zero-order chi connectivity index (χ0) is 18.7. The molecule has 1 aliphatic rings. The predicted molar refractivity (Wildman–Crippen MR) is 113 cm³/mol. The third-order valence-electron chi connectivity index (χ3n) is 4.43. The molecule has 0 saturated heterocycles. The van der Waals surface area contributed by atoms with Gasteiger partial charge in [-0.25, -0.2) is 9.97 Å². The Morgan fingerprint density at radius 2 is 2.15 bits per heavy atom. The minimum atomic E-state index is -0.0422. The summed E-state index contributed by atoms with van der Waals surface area (Å²) in [6.45, 7) is 6.30. The summed E-state index contributed by atoms with van der Waals surface area (Å²) in [5, 5.41) is 3.57. The SMILES string of the molecule is CC(C)(C)c1cnc(CSc2cnc(NC(=O)C3CCCC(N)C3)s2)o1.Cl. The van der Waals surface area contributed by atoms with Crippen LogP contribution < -0.4 is 11.1 Å². The minimum absolute atomic E-state index is 0. The van der Waals surface area contributed by atoms with Crippen molar-refractivity contribution in [3.05, 3.63) is 24.0 Å². The number of rotatable bonds is 5. The minimum Gasteiger partial charge on any atom is -0.444 e. The number of oxazole rings is 1. The van der Waals surface area contributed by atoms with Crippen LogP contribution in [0.1, 0.15) is 58.1 Å². The van der Waals surface area contributed by atoms with Crippen LogP contribution in [0.4, 0.5) is 5.13 Å². The smallest absolute Gasteiger partial charge is 0.229 e. The highest BCUT2D eigenvalue weighted by molar-refractivity contribution is 8.00. The van der Waals surface area contributed by atoms with Gasteiger partial charge in [0.25, 0.3) is 0 Å². The predicted octanol–water partition coefficient (Wildman–Crippen LogP) is 4.60.